The third kappa shape index (κ3) is 4.95. The van der Waals surface area contributed by atoms with Crippen LogP contribution in [0.25, 0.3) is 10.9 Å². The maximum Gasteiger partial charge on any atom is 0.271 e. The van der Waals surface area contributed by atoms with Crippen LogP contribution in [0.1, 0.15) is 42.5 Å². The number of nitro benzene ring substituents is 1. The van der Waals surface area contributed by atoms with E-state index in [1.54, 1.807) is 6.07 Å². The number of amides is 1. The van der Waals surface area contributed by atoms with Crippen LogP contribution in [-0.4, -0.2) is 43.9 Å². The molecule has 30 heavy (non-hydrogen) atoms. The van der Waals surface area contributed by atoms with Crippen molar-refractivity contribution < 1.29 is 9.72 Å². The highest BCUT2D eigenvalue weighted by atomic mass is 35.5. The molecule has 1 aromatic carbocycles. The zero-order valence-electron chi connectivity index (χ0n) is 16.4. The lowest BCUT2D eigenvalue weighted by molar-refractivity contribution is -0.384. The molecule has 10 nitrogen and oxygen atoms in total. The second kappa shape index (κ2) is 9.40. The lowest BCUT2D eigenvalue weighted by atomic mass is 10.2. The first-order valence-corrected chi connectivity index (χ1v) is 9.68. The van der Waals surface area contributed by atoms with Gasteiger partial charge in [-0.05, 0) is 12.5 Å². The number of nitro groups is 1. The smallest absolute Gasteiger partial charge is 0.271 e. The van der Waals surface area contributed by atoms with Gasteiger partial charge in [-0.25, -0.2) is 19.9 Å². The highest BCUT2D eigenvalue weighted by Crippen LogP contribution is 2.24. The third-order valence-electron chi connectivity index (χ3n) is 4.26. The van der Waals surface area contributed by atoms with E-state index in [2.05, 4.69) is 30.6 Å². The Balaban J connectivity index is 1.57. The van der Waals surface area contributed by atoms with E-state index in [1.165, 1.54) is 24.7 Å². The van der Waals surface area contributed by atoms with Gasteiger partial charge in [0.25, 0.3) is 11.6 Å². The molecular weight excluding hydrogens is 410 g/mol. The second-order valence-corrected chi connectivity index (χ2v) is 7.20. The molecule has 156 valence electrons. The molecule has 0 aliphatic rings. The Bertz CT molecular complexity index is 1090. The number of halogens is 1. The Hall–Kier alpha value is -3.40. The molecule has 0 fully saturated rings. The van der Waals surface area contributed by atoms with Gasteiger partial charge in [-0.1, -0.05) is 25.4 Å². The van der Waals surface area contributed by atoms with E-state index < -0.39 is 4.92 Å². The number of carbonyl (C=O) groups excluding carboxylic acids is 1. The number of hydrogen-bond acceptors (Lipinski definition) is 8. The molecule has 11 heteroatoms. The highest BCUT2D eigenvalue weighted by Gasteiger charge is 2.15. The summed E-state index contributed by atoms with van der Waals surface area (Å²) in [5, 5.41) is 17.7. The van der Waals surface area contributed by atoms with Gasteiger partial charge in [0.1, 0.15) is 23.7 Å². The van der Waals surface area contributed by atoms with E-state index in [0.717, 1.165) is 0 Å². The molecule has 3 rings (SSSR count). The van der Waals surface area contributed by atoms with Gasteiger partial charge in [0.2, 0.25) is 0 Å². The molecule has 2 N–H and O–H groups in total. The third-order valence-corrected chi connectivity index (χ3v) is 4.53. The number of hydrogen-bond donors (Lipinski definition) is 2. The van der Waals surface area contributed by atoms with Gasteiger partial charge in [0.15, 0.2) is 0 Å². The van der Waals surface area contributed by atoms with Crippen molar-refractivity contribution in [1.82, 2.24) is 25.3 Å². The number of nitrogens with one attached hydrogen (secondary N) is 2. The predicted molar refractivity (Wildman–Crippen MR) is 113 cm³/mol. The molecule has 0 saturated heterocycles. The molecule has 0 atom stereocenters. The number of anilines is 1. The number of non-ortho nitro benzene ring substituents is 1. The van der Waals surface area contributed by atoms with Gasteiger partial charge in [-0.2, -0.15) is 0 Å². The van der Waals surface area contributed by atoms with Crippen LogP contribution < -0.4 is 10.6 Å². The Morgan fingerprint density at radius 1 is 1.23 bits per heavy atom. The van der Waals surface area contributed by atoms with Crippen molar-refractivity contribution in [1.29, 1.82) is 0 Å². The second-order valence-electron chi connectivity index (χ2n) is 6.80. The van der Waals surface area contributed by atoms with E-state index in [9.17, 15) is 14.9 Å². The summed E-state index contributed by atoms with van der Waals surface area (Å²) in [6.07, 6.45) is 3.41. The fourth-order valence-corrected chi connectivity index (χ4v) is 2.87. The number of aromatic nitrogens is 4. The normalized spacial score (nSPS) is 10.9. The van der Waals surface area contributed by atoms with Crippen LogP contribution >= 0.6 is 11.6 Å². The summed E-state index contributed by atoms with van der Waals surface area (Å²) < 4.78 is 0. The van der Waals surface area contributed by atoms with Crippen molar-refractivity contribution in [3.63, 3.8) is 0 Å². The summed E-state index contributed by atoms with van der Waals surface area (Å²) >= 11 is 6.05. The Labute approximate surface area is 177 Å². The topological polar surface area (TPSA) is 136 Å². The van der Waals surface area contributed by atoms with Crippen LogP contribution in [0.2, 0.25) is 5.02 Å². The number of nitrogens with zero attached hydrogens (tertiary/aromatic N) is 5. The van der Waals surface area contributed by atoms with Crippen molar-refractivity contribution in [3.05, 3.63) is 57.4 Å². The zero-order valence-corrected chi connectivity index (χ0v) is 17.2. The van der Waals surface area contributed by atoms with Gasteiger partial charge in [0, 0.05) is 36.5 Å². The number of carbonyl (C=O) groups is 1. The van der Waals surface area contributed by atoms with E-state index in [-0.39, 0.29) is 28.2 Å². The lowest BCUT2D eigenvalue weighted by Crippen LogP contribution is -2.27. The summed E-state index contributed by atoms with van der Waals surface area (Å²) in [6, 6.07) is 4.41. The summed E-state index contributed by atoms with van der Waals surface area (Å²) in [7, 11) is 0. The molecular formula is C19H20ClN7O3. The lowest BCUT2D eigenvalue weighted by Gasteiger charge is -2.10. The Morgan fingerprint density at radius 3 is 2.77 bits per heavy atom. The van der Waals surface area contributed by atoms with Crippen LogP contribution in [0.3, 0.4) is 0 Å². The van der Waals surface area contributed by atoms with E-state index >= 15 is 0 Å². The predicted octanol–water partition coefficient (Wildman–Crippen LogP) is 3.34. The maximum absolute atomic E-state index is 12.4. The first-order chi connectivity index (χ1) is 14.4. The molecule has 3 aromatic rings. The molecule has 0 saturated carbocycles. The van der Waals surface area contributed by atoms with Crippen molar-refractivity contribution in [2.24, 2.45) is 0 Å². The van der Waals surface area contributed by atoms with Crippen molar-refractivity contribution in [2.75, 3.05) is 18.4 Å². The average molecular weight is 430 g/mol. The Kier molecular flexibility index (Phi) is 6.68. The van der Waals surface area contributed by atoms with Crippen LogP contribution in [-0.2, 0) is 0 Å². The minimum Gasteiger partial charge on any atom is -0.369 e. The fraction of sp³-hybridized carbons (Fsp3) is 0.316. The van der Waals surface area contributed by atoms with E-state index in [0.29, 0.717) is 42.1 Å². The van der Waals surface area contributed by atoms with Crippen LogP contribution in [0.4, 0.5) is 11.5 Å². The summed E-state index contributed by atoms with van der Waals surface area (Å²) in [5.74, 6) is 0.760. The zero-order chi connectivity index (χ0) is 21.7. The Morgan fingerprint density at radius 2 is 2.03 bits per heavy atom. The standard InChI is InChI=1S/C19H20ClN7O3/c1-11(2)17-23-9-14(20)16(26-17)19(28)22-7-3-6-21-18-13-8-12(27(29)30)4-5-15(13)24-10-25-18/h4-5,8-11H,3,6-7H2,1-2H3,(H,22,28)(H,21,24,25). The van der Waals surface area contributed by atoms with Gasteiger partial charge >= 0.3 is 0 Å². The first-order valence-electron chi connectivity index (χ1n) is 9.30. The van der Waals surface area contributed by atoms with Crippen LogP contribution in [0, 0.1) is 10.1 Å². The monoisotopic (exact) mass is 429 g/mol. The molecule has 0 aliphatic heterocycles. The van der Waals surface area contributed by atoms with Gasteiger partial charge in [-0.15, -0.1) is 0 Å². The number of benzene rings is 1. The molecule has 2 heterocycles. The van der Waals surface area contributed by atoms with E-state index in [4.69, 9.17) is 11.6 Å². The van der Waals surface area contributed by atoms with Crippen molar-refractivity contribution in [3.8, 4) is 0 Å². The summed E-state index contributed by atoms with van der Waals surface area (Å²) in [5.41, 5.74) is 0.721. The van der Waals surface area contributed by atoms with Crippen LogP contribution in [0.15, 0.2) is 30.7 Å². The van der Waals surface area contributed by atoms with Crippen molar-refractivity contribution in [2.45, 2.75) is 26.2 Å². The largest absolute Gasteiger partial charge is 0.369 e. The molecule has 2 aromatic heterocycles. The van der Waals surface area contributed by atoms with Crippen LogP contribution in [0.5, 0.6) is 0 Å². The number of fused-ring (bicyclic) bond motifs is 1. The first kappa shape index (κ1) is 21.3. The minimum absolute atomic E-state index is 0.0323. The summed E-state index contributed by atoms with van der Waals surface area (Å²) in [6.45, 7) is 4.74. The highest BCUT2D eigenvalue weighted by molar-refractivity contribution is 6.33. The molecule has 0 unspecified atom stereocenters. The van der Waals surface area contributed by atoms with Gasteiger partial charge in [0.05, 0.1) is 21.7 Å². The average Bonchev–Trinajstić information content (AvgIpc) is 2.73. The molecule has 0 radical (unpaired) electrons. The van der Waals surface area contributed by atoms with Gasteiger partial charge in [-0.3, -0.25) is 14.9 Å². The molecule has 0 bridgehead atoms. The van der Waals surface area contributed by atoms with Crippen molar-refractivity contribution >= 4 is 39.9 Å². The maximum atomic E-state index is 12.4. The molecule has 1 amide bonds. The summed E-state index contributed by atoms with van der Waals surface area (Å²) in [4.78, 5) is 39.5. The molecule has 0 aliphatic carbocycles. The molecule has 0 spiro atoms. The number of rotatable bonds is 8. The quantitative estimate of drug-likeness (QED) is 0.316. The van der Waals surface area contributed by atoms with Gasteiger partial charge < -0.3 is 10.6 Å². The SMILES string of the molecule is CC(C)c1ncc(Cl)c(C(=O)NCCCNc2ncnc3ccc([N+](=O)[O-])cc23)n1. The van der Waals surface area contributed by atoms with E-state index in [1.807, 2.05) is 13.8 Å². The minimum atomic E-state index is -0.464. The fourth-order valence-electron chi connectivity index (χ4n) is 2.70.